The molecular weight excluding hydrogens is 180 g/mol. The molecule has 1 aliphatic rings. The molecule has 0 unspecified atom stereocenters. The minimum atomic E-state index is -0.448. The molecule has 1 fully saturated rings. The topological polar surface area (TPSA) is 46.5 Å². The highest BCUT2D eigenvalue weighted by atomic mass is 16.6. The number of aliphatic hydroxyl groups excluding tert-OH is 1. The molecule has 1 aliphatic carbocycles. The van der Waals surface area contributed by atoms with Crippen LogP contribution in [0, 0.1) is 0 Å². The fourth-order valence-electron chi connectivity index (χ4n) is 1.88. The van der Waals surface area contributed by atoms with Gasteiger partial charge in [-0.05, 0) is 32.1 Å². The van der Waals surface area contributed by atoms with Gasteiger partial charge in [-0.1, -0.05) is 13.5 Å². The number of ether oxygens (including phenoxy) is 1. The normalized spacial score (nSPS) is 19.3. The van der Waals surface area contributed by atoms with Crippen LogP contribution in [0.25, 0.3) is 0 Å². The first kappa shape index (κ1) is 11.2. The second kappa shape index (κ2) is 4.60. The number of esters is 1. The average molecular weight is 198 g/mol. The summed E-state index contributed by atoms with van der Waals surface area (Å²) in [6.07, 6.45) is 4.96. The van der Waals surface area contributed by atoms with Crippen LogP contribution < -0.4 is 0 Å². The standard InChI is InChI=1S/C11H18O3/c1-3-11(6-4-5-7-11)14-10(13)9(2)8-12/h12H,2-8H2,1H3. The highest BCUT2D eigenvalue weighted by Crippen LogP contribution is 2.36. The van der Waals surface area contributed by atoms with Gasteiger partial charge in [0.2, 0.25) is 0 Å². The van der Waals surface area contributed by atoms with Crippen LogP contribution in [0.1, 0.15) is 39.0 Å². The van der Waals surface area contributed by atoms with Crippen molar-refractivity contribution in [1.29, 1.82) is 0 Å². The van der Waals surface area contributed by atoms with E-state index in [2.05, 4.69) is 6.58 Å². The van der Waals surface area contributed by atoms with Gasteiger partial charge in [-0.15, -0.1) is 0 Å². The molecule has 1 rings (SSSR count). The van der Waals surface area contributed by atoms with Gasteiger partial charge in [0.15, 0.2) is 0 Å². The lowest BCUT2D eigenvalue weighted by Gasteiger charge is -2.27. The molecule has 3 nitrogen and oxygen atoms in total. The van der Waals surface area contributed by atoms with Gasteiger partial charge in [0.1, 0.15) is 5.60 Å². The van der Waals surface area contributed by atoms with E-state index in [1.54, 1.807) is 0 Å². The Balaban J connectivity index is 2.56. The van der Waals surface area contributed by atoms with E-state index < -0.39 is 5.97 Å². The van der Waals surface area contributed by atoms with Crippen LogP contribution >= 0.6 is 0 Å². The van der Waals surface area contributed by atoms with E-state index in [-0.39, 0.29) is 17.8 Å². The monoisotopic (exact) mass is 198 g/mol. The molecule has 0 bridgehead atoms. The lowest BCUT2D eigenvalue weighted by atomic mass is 9.99. The smallest absolute Gasteiger partial charge is 0.336 e. The lowest BCUT2D eigenvalue weighted by Crippen LogP contribution is -2.32. The Morgan fingerprint density at radius 3 is 2.50 bits per heavy atom. The zero-order chi connectivity index (χ0) is 10.6. The van der Waals surface area contributed by atoms with Crippen molar-refractivity contribution in [2.45, 2.75) is 44.6 Å². The molecule has 80 valence electrons. The van der Waals surface area contributed by atoms with Crippen molar-refractivity contribution in [2.75, 3.05) is 6.61 Å². The van der Waals surface area contributed by atoms with E-state index in [1.807, 2.05) is 6.92 Å². The van der Waals surface area contributed by atoms with Crippen molar-refractivity contribution in [3.8, 4) is 0 Å². The summed E-state index contributed by atoms with van der Waals surface area (Å²) in [4.78, 5) is 11.4. The van der Waals surface area contributed by atoms with E-state index in [1.165, 1.54) is 0 Å². The second-order valence-electron chi connectivity index (χ2n) is 3.89. The van der Waals surface area contributed by atoms with Crippen molar-refractivity contribution in [3.63, 3.8) is 0 Å². The van der Waals surface area contributed by atoms with Crippen LogP contribution in [-0.2, 0) is 9.53 Å². The van der Waals surface area contributed by atoms with Gasteiger partial charge in [0.25, 0.3) is 0 Å². The number of hydrogen-bond acceptors (Lipinski definition) is 3. The van der Waals surface area contributed by atoms with Crippen molar-refractivity contribution in [1.82, 2.24) is 0 Å². The molecule has 0 radical (unpaired) electrons. The van der Waals surface area contributed by atoms with E-state index in [4.69, 9.17) is 9.84 Å². The third-order valence-electron chi connectivity index (χ3n) is 2.95. The number of carbonyl (C=O) groups is 1. The van der Waals surface area contributed by atoms with Crippen LogP contribution in [0.15, 0.2) is 12.2 Å². The maximum atomic E-state index is 11.4. The maximum Gasteiger partial charge on any atom is 0.336 e. The third kappa shape index (κ3) is 2.35. The zero-order valence-corrected chi connectivity index (χ0v) is 8.71. The quantitative estimate of drug-likeness (QED) is 0.553. The first-order chi connectivity index (χ1) is 6.63. The molecule has 0 aromatic heterocycles. The first-order valence-corrected chi connectivity index (χ1v) is 5.15. The predicted octanol–water partition coefficient (Wildman–Crippen LogP) is 1.80. The summed E-state index contributed by atoms with van der Waals surface area (Å²) < 4.78 is 5.40. The summed E-state index contributed by atoms with van der Waals surface area (Å²) in [7, 11) is 0. The largest absolute Gasteiger partial charge is 0.456 e. The van der Waals surface area contributed by atoms with Crippen LogP contribution in [-0.4, -0.2) is 23.3 Å². The number of hydrogen-bond donors (Lipinski definition) is 1. The Labute approximate surface area is 84.8 Å². The van der Waals surface area contributed by atoms with E-state index >= 15 is 0 Å². The molecule has 0 heterocycles. The lowest BCUT2D eigenvalue weighted by molar-refractivity contribution is -0.155. The summed E-state index contributed by atoms with van der Waals surface area (Å²) in [5.74, 6) is -0.448. The maximum absolute atomic E-state index is 11.4. The Morgan fingerprint density at radius 2 is 2.07 bits per heavy atom. The Bertz CT molecular complexity index is 227. The molecule has 0 atom stereocenters. The Morgan fingerprint density at radius 1 is 1.50 bits per heavy atom. The highest BCUT2D eigenvalue weighted by Gasteiger charge is 2.36. The molecule has 1 N–H and O–H groups in total. The first-order valence-electron chi connectivity index (χ1n) is 5.15. The summed E-state index contributed by atoms with van der Waals surface area (Å²) >= 11 is 0. The minimum Gasteiger partial charge on any atom is -0.456 e. The SMILES string of the molecule is C=C(CO)C(=O)OC1(CC)CCCC1. The molecule has 0 aromatic rings. The average Bonchev–Trinajstić information content (AvgIpc) is 2.65. The van der Waals surface area contributed by atoms with Crippen molar-refractivity contribution in [3.05, 3.63) is 12.2 Å². The number of rotatable bonds is 4. The summed E-state index contributed by atoms with van der Waals surface area (Å²) in [5, 5.41) is 8.74. The molecule has 0 spiro atoms. The van der Waals surface area contributed by atoms with Crippen LogP contribution in [0.4, 0.5) is 0 Å². The molecule has 14 heavy (non-hydrogen) atoms. The molecule has 0 amide bonds. The van der Waals surface area contributed by atoms with Crippen molar-refractivity contribution in [2.24, 2.45) is 0 Å². The predicted molar refractivity (Wildman–Crippen MR) is 53.8 cm³/mol. The van der Waals surface area contributed by atoms with Crippen LogP contribution in [0.2, 0.25) is 0 Å². The van der Waals surface area contributed by atoms with E-state index in [9.17, 15) is 4.79 Å². The molecule has 0 saturated heterocycles. The highest BCUT2D eigenvalue weighted by molar-refractivity contribution is 5.88. The minimum absolute atomic E-state index is 0.143. The summed E-state index contributed by atoms with van der Waals surface area (Å²) in [5.41, 5.74) is -0.139. The molecule has 0 aliphatic heterocycles. The summed E-state index contributed by atoms with van der Waals surface area (Å²) in [6.45, 7) is 5.16. The van der Waals surface area contributed by atoms with E-state index in [0.29, 0.717) is 0 Å². The molecule has 1 saturated carbocycles. The van der Waals surface area contributed by atoms with Gasteiger partial charge in [0, 0.05) is 0 Å². The van der Waals surface area contributed by atoms with Crippen LogP contribution in [0.5, 0.6) is 0 Å². The van der Waals surface area contributed by atoms with Gasteiger partial charge in [-0.2, -0.15) is 0 Å². The fourth-order valence-corrected chi connectivity index (χ4v) is 1.88. The molecule has 3 heteroatoms. The van der Waals surface area contributed by atoms with Gasteiger partial charge >= 0.3 is 5.97 Å². The van der Waals surface area contributed by atoms with Gasteiger partial charge in [0.05, 0.1) is 12.2 Å². The summed E-state index contributed by atoms with van der Waals surface area (Å²) in [6, 6.07) is 0. The van der Waals surface area contributed by atoms with E-state index in [0.717, 1.165) is 32.1 Å². The van der Waals surface area contributed by atoms with Gasteiger partial charge in [-0.25, -0.2) is 4.79 Å². The van der Waals surface area contributed by atoms with Crippen LogP contribution in [0.3, 0.4) is 0 Å². The Kier molecular flexibility index (Phi) is 3.69. The van der Waals surface area contributed by atoms with Gasteiger partial charge in [-0.3, -0.25) is 0 Å². The number of aliphatic hydroxyl groups is 1. The zero-order valence-electron chi connectivity index (χ0n) is 8.71. The number of carbonyl (C=O) groups excluding carboxylic acids is 1. The van der Waals surface area contributed by atoms with Gasteiger partial charge < -0.3 is 9.84 Å². The third-order valence-corrected chi connectivity index (χ3v) is 2.95. The molecular formula is C11H18O3. The van der Waals surface area contributed by atoms with Crippen molar-refractivity contribution >= 4 is 5.97 Å². The second-order valence-corrected chi connectivity index (χ2v) is 3.89. The fraction of sp³-hybridized carbons (Fsp3) is 0.727. The Hall–Kier alpha value is -0.830. The molecule has 0 aromatic carbocycles. The van der Waals surface area contributed by atoms with Crippen molar-refractivity contribution < 1.29 is 14.6 Å².